The molecular formula is C42H66O6Si. The molecule has 2 fully saturated rings. The standard InChI is InChI=1S/C42H66O6Si/c1-11-35(39(43)41(7,8)36-28-30-45-42(9,10)47-36)38(46-37-27-18-19-29-44-37)31(2)21-20-22-32(3)48-49(40(4,5)6,33-23-14-12-15-24-33)34-25-16-13-17-26-34/h12-17,23-26,31-32,35-38H,11,18-22,27-30H2,1-10H3/t31-,32?,35+,36-,37?,38?/m0/s1. The quantitative estimate of drug-likeness (QED) is 0.164. The highest BCUT2D eigenvalue weighted by Crippen LogP contribution is 2.41. The molecule has 0 bridgehead atoms. The summed E-state index contributed by atoms with van der Waals surface area (Å²) in [6.45, 7) is 22.9. The van der Waals surface area contributed by atoms with Crippen LogP contribution in [0, 0.1) is 17.3 Å². The number of hydrogen-bond acceptors (Lipinski definition) is 6. The maximum Gasteiger partial charge on any atom is 0.261 e. The van der Waals surface area contributed by atoms with Crippen molar-refractivity contribution in [2.24, 2.45) is 17.3 Å². The summed E-state index contributed by atoms with van der Waals surface area (Å²) in [4.78, 5) is 14.5. The molecule has 49 heavy (non-hydrogen) atoms. The lowest BCUT2D eigenvalue weighted by atomic mass is 9.71. The van der Waals surface area contributed by atoms with Crippen LogP contribution in [0.2, 0.25) is 5.04 Å². The first-order valence-corrected chi connectivity index (χ1v) is 20.9. The largest absolute Gasteiger partial charge is 0.405 e. The average molecular weight is 695 g/mol. The molecule has 0 aromatic heterocycles. The van der Waals surface area contributed by atoms with Gasteiger partial charge in [0.25, 0.3) is 8.32 Å². The lowest BCUT2D eigenvalue weighted by molar-refractivity contribution is -0.289. The summed E-state index contributed by atoms with van der Waals surface area (Å²) in [6, 6.07) is 21.7. The second-order valence-corrected chi connectivity index (χ2v) is 20.9. The van der Waals surface area contributed by atoms with Crippen molar-refractivity contribution in [1.82, 2.24) is 0 Å². The van der Waals surface area contributed by atoms with Crippen LogP contribution in [0.4, 0.5) is 0 Å². The molecule has 2 aromatic rings. The first kappa shape index (κ1) is 39.9. The van der Waals surface area contributed by atoms with Crippen molar-refractivity contribution in [2.45, 2.75) is 156 Å². The molecule has 0 saturated carbocycles. The third kappa shape index (κ3) is 9.72. The molecule has 2 aliphatic rings. The molecule has 2 saturated heterocycles. The SMILES string of the molecule is CC[C@@H](C(=O)C(C)(C)[C@@H]1CCOC(C)(C)O1)C(OC1CCCCO1)[C@@H](C)CCCC(C)O[Si](c1ccccc1)(c1ccccc1)C(C)(C)C. The van der Waals surface area contributed by atoms with Gasteiger partial charge in [-0.15, -0.1) is 0 Å². The van der Waals surface area contributed by atoms with Gasteiger partial charge in [-0.05, 0) is 87.0 Å². The van der Waals surface area contributed by atoms with E-state index in [1.54, 1.807) is 0 Å². The van der Waals surface area contributed by atoms with Crippen LogP contribution in [0.3, 0.4) is 0 Å². The zero-order chi connectivity index (χ0) is 35.9. The third-order valence-corrected chi connectivity index (χ3v) is 16.1. The van der Waals surface area contributed by atoms with Crippen molar-refractivity contribution in [3.63, 3.8) is 0 Å². The Morgan fingerprint density at radius 2 is 1.51 bits per heavy atom. The molecule has 6 atom stereocenters. The summed E-state index contributed by atoms with van der Waals surface area (Å²) >= 11 is 0. The van der Waals surface area contributed by atoms with E-state index in [0.29, 0.717) is 26.1 Å². The average Bonchev–Trinajstić information content (AvgIpc) is 3.07. The van der Waals surface area contributed by atoms with E-state index in [4.69, 9.17) is 23.4 Å². The Morgan fingerprint density at radius 1 is 0.898 bits per heavy atom. The molecule has 274 valence electrons. The molecule has 4 rings (SSSR count). The minimum atomic E-state index is -2.63. The molecule has 2 aliphatic heterocycles. The number of Topliss-reactive ketones (excluding diaryl/α,β-unsaturated/α-hetero) is 1. The first-order chi connectivity index (χ1) is 23.1. The van der Waals surface area contributed by atoms with Crippen LogP contribution in [0.15, 0.2) is 60.7 Å². The zero-order valence-electron chi connectivity index (χ0n) is 32.3. The smallest absolute Gasteiger partial charge is 0.261 e. The van der Waals surface area contributed by atoms with Crippen molar-refractivity contribution in [1.29, 1.82) is 0 Å². The van der Waals surface area contributed by atoms with Gasteiger partial charge in [-0.25, -0.2) is 0 Å². The van der Waals surface area contributed by atoms with Crippen LogP contribution in [0.5, 0.6) is 0 Å². The number of hydrogen-bond donors (Lipinski definition) is 0. The van der Waals surface area contributed by atoms with Gasteiger partial charge in [0.2, 0.25) is 0 Å². The molecule has 3 unspecified atom stereocenters. The number of carbonyl (C=O) groups is 1. The minimum Gasteiger partial charge on any atom is -0.405 e. The highest BCUT2D eigenvalue weighted by atomic mass is 28.4. The molecule has 6 nitrogen and oxygen atoms in total. The highest BCUT2D eigenvalue weighted by molar-refractivity contribution is 6.99. The Morgan fingerprint density at radius 3 is 2.02 bits per heavy atom. The van der Waals surface area contributed by atoms with E-state index in [0.717, 1.165) is 38.5 Å². The predicted molar refractivity (Wildman–Crippen MR) is 202 cm³/mol. The first-order valence-electron chi connectivity index (χ1n) is 19.0. The van der Waals surface area contributed by atoms with Crippen molar-refractivity contribution < 1.29 is 28.2 Å². The fraction of sp³-hybridized carbons (Fsp3) is 0.690. The van der Waals surface area contributed by atoms with Crippen LogP contribution >= 0.6 is 0 Å². The lowest BCUT2D eigenvalue weighted by Crippen LogP contribution is -2.67. The molecule has 2 aromatic carbocycles. The molecule has 7 heteroatoms. The minimum absolute atomic E-state index is 0.0658. The van der Waals surface area contributed by atoms with Gasteiger partial charge < -0.3 is 23.4 Å². The van der Waals surface area contributed by atoms with Crippen LogP contribution in [0.25, 0.3) is 0 Å². The maximum absolute atomic E-state index is 14.5. The van der Waals surface area contributed by atoms with E-state index in [1.807, 2.05) is 27.7 Å². The molecule has 0 aliphatic carbocycles. The molecule has 0 N–H and O–H groups in total. The molecule has 0 spiro atoms. The third-order valence-electron chi connectivity index (χ3n) is 10.9. The van der Waals surface area contributed by atoms with Gasteiger partial charge in [-0.1, -0.05) is 116 Å². The van der Waals surface area contributed by atoms with Gasteiger partial charge in [-0.3, -0.25) is 4.79 Å². The maximum atomic E-state index is 14.5. The van der Waals surface area contributed by atoms with Gasteiger partial charge in [0.15, 0.2) is 12.1 Å². The Bertz CT molecular complexity index is 1240. The highest BCUT2D eigenvalue weighted by Gasteiger charge is 2.51. The van der Waals surface area contributed by atoms with E-state index >= 15 is 0 Å². The fourth-order valence-corrected chi connectivity index (χ4v) is 12.9. The topological polar surface area (TPSA) is 63.2 Å². The van der Waals surface area contributed by atoms with Crippen LogP contribution < -0.4 is 10.4 Å². The van der Waals surface area contributed by atoms with E-state index in [9.17, 15) is 4.79 Å². The van der Waals surface area contributed by atoms with Crippen molar-refractivity contribution in [3.8, 4) is 0 Å². The number of ether oxygens (including phenoxy) is 4. The van der Waals surface area contributed by atoms with Gasteiger partial charge in [-0.2, -0.15) is 0 Å². The second kappa shape index (κ2) is 17.1. The van der Waals surface area contributed by atoms with E-state index < -0.39 is 19.5 Å². The number of benzene rings is 2. The Labute approximate surface area is 299 Å². The summed E-state index contributed by atoms with van der Waals surface area (Å²) in [7, 11) is -2.63. The van der Waals surface area contributed by atoms with Gasteiger partial charge in [0.1, 0.15) is 5.78 Å². The van der Waals surface area contributed by atoms with Gasteiger partial charge in [0, 0.05) is 18.6 Å². The van der Waals surface area contributed by atoms with Crippen molar-refractivity contribution in [2.75, 3.05) is 13.2 Å². The molecule has 0 amide bonds. The summed E-state index contributed by atoms with van der Waals surface area (Å²) in [5.41, 5.74) is -0.672. The normalized spacial score (nSPS) is 23.0. The van der Waals surface area contributed by atoms with Crippen LogP contribution in [0.1, 0.15) is 121 Å². The van der Waals surface area contributed by atoms with E-state index in [-0.39, 0.29) is 47.3 Å². The molecule has 2 heterocycles. The fourth-order valence-electron chi connectivity index (χ4n) is 8.12. The van der Waals surface area contributed by atoms with Gasteiger partial charge in [0.05, 0.1) is 24.2 Å². The van der Waals surface area contributed by atoms with E-state index in [2.05, 4.69) is 102 Å². The number of carbonyl (C=O) groups excluding carboxylic acids is 1. The van der Waals surface area contributed by atoms with E-state index in [1.165, 1.54) is 10.4 Å². The Hall–Kier alpha value is -1.87. The number of ketones is 1. The molecular weight excluding hydrogens is 629 g/mol. The summed E-state index contributed by atoms with van der Waals surface area (Å²) in [6.07, 6.45) is 6.65. The molecule has 0 radical (unpaired) electrons. The van der Waals surface area contributed by atoms with Gasteiger partial charge >= 0.3 is 0 Å². The lowest BCUT2D eigenvalue weighted by Gasteiger charge is -2.45. The van der Waals surface area contributed by atoms with Crippen LogP contribution in [-0.2, 0) is 28.2 Å². The number of rotatable bonds is 16. The van der Waals surface area contributed by atoms with Crippen molar-refractivity contribution in [3.05, 3.63) is 60.7 Å². The Balaban J connectivity index is 1.51. The zero-order valence-corrected chi connectivity index (χ0v) is 33.3. The monoisotopic (exact) mass is 694 g/mol. The Kier molecular flexibility index (Phi) is 13.9. The summed E-state index contributed by atoms with van der Waals surface area (Å²) < 4.78 is 32.5. The summed E-state index contributed by atoms with van der Waals surface area (Å²) in [5.74, 6) is -0.568. The second-order valence-electron chi connectivity index (χ2n) is 16.6. The van der Waals surface area contributed by atoms with Crippen LogP contribution in [-0.4, -0.2) is 57.7 Å². The predicted octanol–water partition coefficient (Wildman–Crippen LogP) is 8.83. The van der Waals surface area contributed by atoms with Crippen molar-refractivity contribution >= 4 is 24.5 Å². The summed E-state index contributed by atoms with van der Waals surface area (Å²) in [5, 5.41) is 2.54.